The zero-order valence-electron chi connectivity index (χ0n) is 16.3. The number of carbonyl (C=O) groups excluding carboxylic acids is 1. The van der Waals surface area contributed by atoms with E-state index in [1.165, 1.54) is 5.56 Å². The Morgan fingerprint density at radius 1 is 1.10 bits per heavy atom. The van der Waals surface area contributed by atoms with Crippen LogP contribution in [0.25, 0.3) is 0 Å². The van der Waals surface area contributed by atoms with E-state index in [1.807, 2.05) is 25.3 Å². The molecule has 7 heteroatoms. The number of hydrogen-bond acceptors (Lipinski definition) is 4. The van der Waals surface area contributed by atoms with Gasteiger partial charge >= 0.3 is 0 Å². The zero-order valence-corrected chi connectivity index (χ0v) is 17.1. The Hall–Kier alpha value is -3.51. The number of halogens is 1. The minimum atomic E-state index is -0.375. The average molecular weight is 422 g/mol. The summed E-state index contributed by atoms with van der Waals surface area (Å²) in [5.41, 5.74) is 2.35. The van der Waals surface area contributed by atoms with Gasteiger partial charge in [-0.3, -0.25) is 9.48 Å². The van der Waals surface area contributed by atoms with Crippen LogP contribution in [0.5, 0.6) is 5.75 Å². The standard InChI is InChI=1S/C23H20ClN3O3/c1-16-6-8-17(9-7-16)14-27-13-12-22(26-27)25-23(28)21-11-10-18(30-21)15-29-20-5-3-2-4-19(20)24/h2-13H,14-15H2,1H3,(H,25,26,28). The molecule has 0 aliphatic rings. The summed E-state index contributed by atoms with van der Waals surface area (Å²) in [4.78, 5) is 12.4. The van der Waals surface area contributed by atoms with E-state index in [1.54, 1.807) is 35.0 Å². The van der Waals surface area contributed by atoms with Crippen molar-refractivity contribution in [3.05, 3.63) is 101 Å². The number of para-hydroxylation sites is 1. The van der Waals surface area contributed by atoms with E-state index in [-0.39, 0.29) is 18.3 Å². The van der Waals surface area contributed by atoms with Crippen molar-refractivity contribution in [2.24, 2.45) is 0 Å². The normalized spacial score (nSPS) is 10.7. The quantitative estimate of drug-likeness (QED) is 0.438. The third-order valence-corrected chi connectivity index (χ3v) is 4.75. The highest BCUT2D eigenvalue weighted by Gasteiger charge is 2.13. The SMILES string of the molecule is Cc1ccc(Cn2ccc(NC(=O)c3ccc(COc4ccccc4Cl)o3)n2)cc1. The van der Waals surface area contributed by atoms with Crippen LogP contribution in [0.1, 0.15) is 27.4 Å². The van der Waals surface area contributed by atoms with Gasteiger partial charge in [-0.15, -0.1) is 0 Å². The van der Waals surface area contributed by atoms with Gasteiger partial charge in [-0.25, -0.2) is 0 Å². The summed E-state index contributed by atoms with van der Waals surface area (Å²) in [6.07, 6.45) is 1.82. The van der Waals surface area contributed by atoms with Gasteiger partial charge in [0.25, 0.3) is 5.91 Å². The van der Waals surface area contributed by atoms with Gasteiger partial charge in [0.15, 0.2) is 11.6 Å². The molecule has 0 atom stereocenters. The van der Waals surface area contributed by atoms with Crippen molar-refractivity contribution in [1.29, 1.82) is 0 Å². The van der Waals surface area contributed by atoms with E-state index in [2.05, 4.69) is 34.7 Å². The maximum absolute atomic E-state index is 12.4. The van der Waals surface area contributed by atoms with Gasteiger partial charge < -0.3 is 14.5 Å². The number of nitrogens with one attached hydrogen (secondary N) is 1. The molecule has 1 N–H and O–H groups in total. The lowest BCUT2D eigenvalue weighted by Crippen LogP contribution is -2.12. The molecule has 0 bridgehead atoms. The van der Waals surface area contributed by atoms with Crippen LogP contribution < -0.4 is 10.1 Å². The summed E-state index contributed by atoms with van der Waals surface area (Å²) >= 11 is 6.07. The third-order valence-electron chi connectivity index (χ3n) is 4.44. The zero-order chi connectivity index (χ0) is 20.9. The van der Waals surface area contributed by atoms with Gasteiger partial charge in [0, 0.05) is 12.3 Å². The lowest BCUT2D eigenvalue weighted by atomic mass is 10.1. The molecule has 4 rings (SSSR count). The highest BCUT2D eigenvalue weighted by atomic mass is 35.5. The Bertz CT molecular complexity index is 1150. The fraction of sp³-hybridized carbons (Fsp3) is 0.130. The van der Waals surface area contributed by atoms with Crippen LogP contribution in [0.15, 0.2) is 77.3 Å². The Kier molecular flexibility index (Phi) is 5.86. The van der Waals surface area contributed by atoms with Crippen LogP contribution in [0.4, 0.5) is 5.82 Å². The molecule has 30 heavy (non-hydrogen) atoms. The largest absolute Gasteiger partial charge is 0.484 e. The van der Waals surface area contributed by atoms with Crippen molar-refractivity contribution in [2.45, 2.75) is 20.1 Å². The number of amides is 1. The Labute approximate surface area is 179 Å². The lowest BCUT2D eigenvalue weighted by molar-refractivity contribution is 0.0992. The van der Waals surface area contributed by atoms with Crippen molar-refractivity contribution in [2.75, 3.05) is 5.32 Å². The fourth-order valence-corrected chi connectivity index (χ4v) is 3.05. The van der Waals surface area contributed by atoms with Crippen LogP contribution >= 0.6 is 11.6 Å². The smallest absolute Gasteiger partial charge is 0.292 e. The van der Waals surface area contributed by atoms with E-state index in [0.29, 0.717) is 28.9 Å². The molecular formula is C23H20ClN3O3. The molecule has 2 aromatic heterocycles. The number of nitrogens with zero attached hydrogens (tertiary/aromatic N) is 2. The van der Waals surface area contributed by atoms with Crippen molar-refractivity contribution in [3.8, 4) is 5.75 Å². The number of furan rings is 1. The van der Waals surface area contributed by atoms with Crippen molar-refractivity contribution >= 4 is 23.3 Å². The summed E-state index contributed by atoms with van der Waals surface area (Å²) in [7, 11) is 0. The second kappa shape index (κ2) is 8.88. The van der Waals surface area contributed by atoms with Gasteiger partial charge in [0.05, 0.1) is 11.6 Å². The highest BCUT2D eigenvalue weighted by Crippen LogP contribution is 2.24. The molecule has 0 aliphatic heterocycles. The number of anilines is 1. The molecular weight excluding hydrogens is 402 g/mol. The molecule has 152 valence electrons. The van der Waals surface area contributed by atoms with E-state index in [0.717, 1.165) is 5.56 Å². The van der Waals surface area contributed by atoms with E-state index < -0.39 is 0 Å². The Balaban J connectivity index is 1.34. The number of aromatic nitrogens is 2. The van der Waals surface area contributed by atoms with Crippen LogP contribution in [0.3, 0.4) is 0 Å². The molecule has 0 saturated carbocycles. The molecule has 0 fully saturated rings. The molecule has 2 heterocycles. The minimum Gasteiger partial charge on any atom is -0.484 e. The molecule has 0 spiro atoms. The summed E-state index contributed by atoms with van der Waals surface area (Å²) in [6.45, 7) is 2.84. The monoisotopic (exact) mass is 421 g/mol. The van der Waals surface area contributed by atoms with Gasteiger partial charge in [-0.05, 0) is 36.8 Å². The number of hydrogen-bond donors (Lipinski definition) is 1. The van der Waals surface area contributed by atoms with Crippen molar-refractivity contribution in [1.82, 2.24) is 9.78 Å². The fourth-order valence-electron chi connectivity index (χ4n) is 2.86. The topological polar surface area (TPSA) is 69.3 Å². The van der Waals surface area contributed by atoms with E-state index in [4.69, 9.17) is 20.8 Å². The Morgan fingerprint density at radius 2 is 1.90 bits per heavy atom. The molecule has 0 aliphatic carbocycles. The number of carbonyl (C=O) groups is 1. The number of aryl methyl sites for hydroxylation is 1. The maximum atomic E-state index is 12.4. The van der Waals surface area contributed by atoms with E-state index >= 15 is 0 Å². The predicted octanol–water partition coefficient (Wildman–Crippen LogP) is 5.32. The molecule has 0 saturated heterocycles. The predicted molar refractivity (Wildman–Crippen MR) is 115 cm³/mol. The summed E-state index contributed by atoms with van der Waals surface area (Å²) in [5.74, 6) is 1.34. The first-order chi connectivity index (χ1) is 14.6. The minimum absolute atomic E-state index is 0.169. The first kappa shape index (κ1) is 19.8. The first-order valence-corrected chi connectivity index (χ1v) is 9.81. The van der Waals surface area contributed by atoms with E-state index in [9.17, 15) is 4.79 Å². The molecule has 0 radical (unpaired) electrons. The van der Waals surface area contributed by atoms with Gasteiger partial charge in [0.2, 0.25) is 0 Å². The molecule has 2 aromatic carbocycles. The number of ether oxygens (including phenoxy) is 1. The van der Waals surface area contributed by atoms with Gasteiger partial charge in [-0.1, -0.05) is 53.6 Å². The third kappa shape index (κ3) is 4.90. The van der Waals surface area contributed by atoms with Gasteiger partial charge in [0.1, 0.15) is 18.1 Å². The number of rotatable bonds is 7. The Morgan fingerprint density at radius 3 is 2.70 bits per heavy atom. The van der Waals surface area contributed by atoms with Gasteiger partial charge in [-0.2, -0.15) is 5.10 Å². The second-order valence-corrected chi connectivity index (χ2v) is 7.23. The molecule has 1 amide bonds. The van der Waals surface area contributed by atoms with Crippen LogP contribution in [0, 0.1) is 6.92 Å². The maximum Gasteiger partial charge on any atom is 0.292 e. The lowest BCUT2D eigenvalue weighted by Gasteiger charge is -2.05. The van der Waals surface area contributed by atoms with Crippen LogP contribution in [0.2, 0.25) is 5.02 Å². The van der Waals surface area contributed by atoms with Crippen molar-refractivity contribution in [3.63, 3.8) is 0 Å². The average Bonchev–Trinajstić information content (AvgIpc) is 3.39. The summed E-state index contributed by atoms with van der Waals surface area (Å²) in [6, 6.07) is 20.5. The second-order valence-electron chi connectivity index (χ2n) is 6.82. The molecule has 6 nitrogen and oxygen atoms in total. The summed E-state index contributed by atoms with van der Waals surface area (Å²) < 4.78 is 13.0. The number of benzene rings is 2. The summed E-state index contributed by atoms with van der Waals surface area (Å²) in [5, 5.41) is 7.65. The van der Waals surface area contributed by atoms with Crippen LogP contribution in [-0.4, -0.2) is 15.7 Å². The highest BCUT2D eigenvalue weighted by molar-refractivity contribution is 6.32. The van der Waals surface area contributed by atoms with Crippen LogP contribution in [-0.2, 0) is 13.2 Å². The molecule has 0 unspecified atom stereocenters. The first-order valence-electron chi connectivity index (χ1n) is 9.43. The van der Waals surface area contributed by atoms with Crippen molar-refractivity contribution < 1.29 is 13.9 Å². The molecule has 4 aromatic rings.